The van der Waals surface area contributed by atoms with Crippen LogP contribution in [0, 0.1) is 0 Å². The van der Waals surface area contributed by atoms with Crippen molar-refractivity contribution >= 4 is 28.3 Å². The molecule has 1 heterocycles. The normalized spacial score (nSPS) is 10.2. The number of aromatic nitrogens is 1. The van der Waals surface area contributed by atoms with Gasteiger partial charge >= 0.3 is 5.97 Å². The molecule has 0 saturated carbocycles. The van der Waals surface area contributed by atoms with E-state index >= 15 is 0 Å². The number of nitrogens with one attached hydrogen (secondary N) is 1. The van der Waals surface area contributed by atoms with Crippen molar-refractivity contribution in [2.75, 3.05) is 46.3 Å². The van der Waals surface area contributed by atoms with Crippen LogP contribution in [0.25, 0.3) is 0 Å². The average molecular weight is 420 g/mol. The molecule has 9 heteroatoms. The summed E-state index contributed by atoms with van der Waals surface area (Å²) in [5, 5.41) is 5.17. The molecule has 8 nitrogen and oxygen atoms in total. The molecule has 0 unspecified atom stereocenters. The van der Waals surface area contributed by atoms with Crippen molar-refractivity contribution < 1.29 is 23.8 Å². The zero-order valence-electron chi connectivity index (χ0n) is 16.8. The van der Waals surface area contributed by atoms with Crippen molar-refractivity contribution in [3.05, 3.63) is 47.5 Å². The first-order valence-corrected chi connectivity index (χ1v) is 9.78. The maximum Gasteiger partial charge on any atom is 0.358 e. The Labute approximate surface area is 174 Å². The Hall–Kier alpha value is -3.07. The van der Waals surface area contributed by atoms with E-state index in [2.05, 4.69) is 16.9 Å². The molecule has 2 rings (SSSR count). The van der Waals surface area contributed by atoms with Crippen molar-refractivity contribution in [2.45, 2.75) is 6.42 Å². The second-order valence-corrected chi connectivity index (χ2v) is 6.90. The van der Waals surface area contributed by atoms with E-state index in [0.29, 0.717) is 36.1 Å². The number of rotatable bonds is 11. The number of methoxy groups -OCH3 is 2. The second-order valence-electron chi connectivity index (χ2n) is 6.04. The van der Waals surface area contributed by atoms with Crippen molar-refractivity contribution in [3.8, 4) is 11.5 Å². The second kappa shape index (κ2) is 11.1. The minimum absolute atomic E-state index is 0.169. The Kier molecular flexibility index (Phi) is 8.47. The highest BCUT2D eigenvalue weighted by Crippen LogP contribution is 2.27. The summed E-state index contributed by atoms with van der Waals surface area (Å²) in [6.45, 7) is 4.28. The highest BCUT2D eigenvalue weighted by Gasteiger charge is 2.16. The molecule has 0 fully saturated rings. The number of carbonyl (C=O) groups is 2. The molecular weight excluding hydrogens is 394 g/mol. The smallest absolute Gasteiger partial charge is 0.358 e. The number of esters is 1. The van der Waals surface area contributed by atoms with Crippen molar-refractivity contribution in [1.29, 1.82) is 0 Å². The maximum atomic E-state index is 12.2. The molecule has 0 bridgehead atoms. The number of anilines is 1. The van der Waals surface area contributed by atoms with Gasteiger partial charge in [-0.05, 0) is 24.1 Å². The van der Waals surface area contributed by atoms with Gasteiger partial charge in [0.25, 0.3) is 5.91 Å². The van der Waals surface area contributed by atoms with Gasteiger partial charge in [-0.25, -0.2) is 9.78 Å². The van der Waals surface area contributed by atoms with Crippen LogP contribution in [0.5, 0.6) is 11.5 Å². The predicted octanol–water partition coefficient (Wildman–Crippen LogP) is 2.62. The van der Waals surface area contributed by atoms with Gasteiger partial charge in [0.1, 0.15) is 0 Å². The Morgan fingerprint density at radius 1 is 1.28 bits per heavy atom. The number of hydrogen-bond acceptors (Lipinski definition) is 8. The lowest BCUT2D eigenvalue weighted by Gasteiger charge is -2.17. The lowest BCUT2D eigenvalue weighted by atomic mass is 10.1. The number of amides is 1. The van der Waals surface area contributed by atoms with E-state index in [0.717, 1.165) is 5.56 Å². The fourth-order valence-corrected chi connectivity index (χ4v) is 3.07. The van der Waals surface area contributed by atoms with Crippen LogP contribution in [0.1, 0.15) is 16.1 Å². The summed E-state index contributed by atoms with van der Waals surface area (Å²) in [4.78, 5) is 29.9. The first kappa shape index (κ1) is 22.2. The van der Waals surface area contributed by atoms with Gasteiger partial charge < -0.3 is 24.4 Å². The van der Waals surface area contributed by atoms with Crippen LogP contribution in [0.3, 0.4) is 0 Å². The molecule has 1 aromatic carbocycles. The summed E-state index contributed by atoms with van der Waals surface area (Å²) in [5.74, 6) is 0.365. The van der Waals surface area contributed by atoms with Crippen LogP contribution in [-0.2, 0) is 16.0 Å². The molecule has 1 aromatic heterocycles. The van der Waals surface area contributed by atoms with Crippen LogP contribution in [0.4, 0.5) is 5.13 Å². The summed E-state index contributed by atoms with van der Waals surface area (Å²) in [6, 6.07) is 5.61. The summed E-state index contributed by atoms with van der Waals surface area (Å²) < 4.78 is 15.6. The standard InChI is InChI=1S/C20H25N3O5S/c1-5-9-21-20-22-15(13-29-20)19(25)28-12-18(24)23(2)10-8-14-6-7-16(26-3)17(11-14)27-4/h5-7,11,13H,1,8-10,12H2,2-4H3,(H,21,22). The number of thiazole rings is 1. The van der Waals surface area contributed by atoms with Crippen LogP contribution < -0.4 is 14.8 Å². The van der Waals surface area contributed by atoms with E-state index in [-0.39, 0.29) is 18.2 Å². The minimum Gasteiger partial charge on any atom is -0.493 e. The molecule has 0 saturated heterocycles. The zero-order chi connectivity index (χ0) is 21.2. The summed E-state index contributed by atoms with van der Waals surface area (Å²) >= 11 is 1.28. The topological polar surface area (TPSA) is 90.0 Å². The number of benzene rings is 1. The fraction of sp³-hybridized carbons (Fsp3) is 0.350. The number of carbonyl (C=O) groups excluding carboxylic acids is 2. The van der Waals surface area contributed by atoms with Crippen LogP contribution in [0.2, 0.25) is 0 Å². The Balaban J connectivity index is 1.80. The number of hydrogen-bond donors (Lipinski definition) is 1. The highest BCUT2D eigenvalue weighted by molar-refractivity contribution is 7.13. The lowest BCUT2D eigenvalue weighted by Crippen LogP contribution is -2.32. The van der Waals surface area contributed by atoms with E-state index in [1.165, 1.54) is 16.2 Å². The Morgan fingerprint density at radius 2 is 2.03 bits per heavy atom. The van der Waals surface area contributed by atoms with Gasteiger partial charge in [-0.15, -0.1) is 17.9 Å². The number of nitrogens with zero attached hydrogens (tertiary/aromatic N) is 2. The fourth-order valence-electron chi connectivity index (χ4n) is 2.38. The molecule has 0 aliphatic heterocycles. The largest absolute Gasteiger partial charge is 0.493 e. The van der Waals surface area contributed by atoms with Crippen LogP contribution in [-0.4, -0.2) is 62.7 Å². The molecule has 0 aliphatic carbocycles. The van der Waals surface area contributed by atoms with Crippen LogP contribution in [0.15, 0.2) is 36.2 Å². The molecule has 1 N–H and O–H groups in total. The average Bonchev–Trinajstić information content (AvgIpc) is 3.22. The molecule has 0 aliphatic rings. The first-order chi connectivity index (χ1) is 14.0. The van der Waals surface area contributed by atoms with E-state index in [1.807, 2.05) is 18.2 Å². The van der Waals surface area contributed by atoms with Crippen molar-refractivity contribution in [3.63, 3.8) is 0 Å². The van der Waals surface area contributed by atoms with Gasteiger partial charge in [0.2, 0.25) is 0 Å². The third kappa shape index (κ3) is 6.49. The molecule has 0 spiro atoms. The molecule has 0 radical (unpaired) electrons. The van der Waals surface area contributed by atoms with E-state index in [4.69, 9.17) is 14.2 Å². The predicted molar refractivity (Wildman–Crippen MR) is 112 cm³/mol. The quantitative estimate of drug-likeness (QED) is 0.442. The highest BCUT2D eigenvalue weighted by atomic mass is 32.1. The summed E-state index contributed by atoms with van der Waals surface area (Å²) in [7, 11) is 4.82. The molecule has 0 atom stereocenters. The number of ether oxygens (including phenoxy) is 3. The third-order valence-electron chi connectivity index (χ3n) is 4.05. The molecular formula is C20H25N3O5S. The summed E-state index contributed by atoms with van der Waals surface area (Å²) in [5.41, 5.74) is 1.17. The SMILES string of the molecule is C=CCNc1nc(C(=O)OCC(=O)N(C)CCc2ccc(OC)c(OC)c2)cs1. The van der Waals surface area contributed by atoms with E-state index in [1.54, 1.807) is 32.7 Å². The minimum atomic E-state index is -0.630. The van der Waals surface area contributed by atoms with Crippen molar-refractivity contribution in [1.82, 2.24) is 9.88 Å². The maximum absolute atomic E-state index is 12.2. The monoisotopic (exact) mass is 419 g/mol. The Bertz CT molecular complexity index is 852. The van der Waals surface area contributed by atoms with Crippen molar-refractivity contribution in [2.24, 2.45) is 0 Å². The lowest BCUT2D eigenvalue weighted by molar-refractivity contribution is -0.133. The van der Waals surface area contributed by atoms with Gasteiger partial charge in [0.15, 0.2) is 28.9 Å². The van der Waals surface area contributed by atoms with Gasteiger partial charge in [0, 0.05) is 25.5 Å². The van der Waals surface area contributed by atoms with Gasteiger partial charge in [0.05, 0.1) is 14.2 Å². The molecule has 156 valence electrons. The van der Waals surface area contributed by atoms with E-state index < -0.39 is 5.97 Å². The van der Waals surface area contributed by atoms with Gasteiger partial charge in [-0.1, -0.05) is 12.1 Å². The van der Waals surface area contributed by atoms with Gasteiger partial charge in [-0.3, -0.25) is 4.79 Å². The molecule has 29 heavy (non-hydrogen) atoms. The summed E-state index contributed by atoms with van der Waals surface area (Å²) in [6.07, 6.45) is 2.32. The first-order valence-electron chi connectivity index (χ1n) is 8.90. The number of likely N-dealkylation sites (N-methyl/N-ethyl adjacent to an activating group) is 1. The van der Waals surface area contributed by atoms with Crippen LogP contribution >= 0.6 is 11.3 Å². The zero-order valence-corrected chi connectivity index (χ0v) is 17.6. The van der Waals surface area contributed by atoms with E-state index in [9.17, 15) is 9.59 Å². The van der Waals surface area contributed by atoms with Gasteiger partial charge in [-0.2, -0.15) is 0 Å². The Morgan fingerprint density at radius 3 is 2.72 bits per heavy atom. The third-order valence-corrected chi connectivity index (χ3v) is 4.85. The molecule has 1 amide bonds. The molecule has 2 aromatic rings.